The molecule has 24 heavy (non-hydrogen) atoms. The van der Waals surface area contributed by atoms with Gasteiger partial charge < -0.3 is 15.0 Å². The Balaban J connectivity index is 2.11. The Morgan fingerprint density at radius 1 is 1.33 bits per heavy atom. The quantitative estimate of drug-likeness (QED) is 0.613. The summed E-state index contributed by atoms with van der Waals surface area (Å²) < 4.78 is 28.8. The van der Waals surface area contributed by atoms with Crippen LogP contribution in [0, 0.1) is 13.8 Å². The average molecular weight is 371 g/mol. The summed E-state index contributed by atoms with van der Waals surface area (Å²) >= 11 is 5.58. The molecule has 0 saturated carbocycles. The Hall–Kier alpha value is -1.18. The van der Waals surface area contributed by atoms with Gasteiger partial charge in [0.15, 0.2) is 14.9 Å². The van der Waals surface area contributed by atoms with Gasteiger partial charge in [-0.2, -0.15) is 0 Å². The van der Waals surface area contributed by atoms with E-state index in [0.29, 0.717) is 24.7 Å². The van der Waals surface area contributed by atoms with Crippen molar-refractivity contribution in [2.24, 2.45) is 0 Å². The summed E-state index contributed by atoms with van der Waals surface area (Å²) in [6, 6.07) is 6.13. The van der Waals surface area contributed by atoms with Crippen LogP contribution in [0.1, 0.15) is 24.0 Å². The van der Waals surface area contributed by atoms with Crippen molar-refractivity contribution in [2.45, 2.75) is 32.7 Å². The van der Waals surface area contributed by atoms with E-state index >= 15 is 0 Å². The van der Waals surface area contributed by atoms with Crippen LogP contribution >= 0.6 is 12.2 Å². The van der Waals surface area contributed by atoms with Crippen LogP contribution in [0.4, 0.5) is 5.69 Å². The van der Waals surface area contributed by atoms with E-state index in [4.69, 9.17) is 17.0 Å². The number of aryl methyl sites for hydroxylation is 2. The second kappa shape index (κ2) is 8.27. The molecular weight excluding hydrogens is 344 g/mol. The summed E-state index contributed by atoms with van der Waals surface area (Å²) in [5.41, 5.74) is 3.26. The standard InChI is InChI=1S/C17H26N2O3S2/c1-13-9-14(2)11-15(10-13)18-17(23)19(6-4-7-22-3)16-5-8-24(20,21)12-16/h9-11,16H,4-8,12H2,1-3H3,(H,18,23)/t16-/m1/s1. The topological polar surface area (TPSA) is 58.6 Å². The van der Waals surface area contributed by atoms with Gasteiger partial charge in [-0.3, -0.25) is 0 Å². The average Bonchev–Trinajstić information content (AvgIpc) is 2.82. The summed E-state index contributed by atoms with van der Waals surface area (Å²) in [5, 5.41) is 3.86. The Morgan fingerprint density at radius 3 is 2.54 bits per heavy atom. The molecule has 1 aromatic carbocycles. The van der Waals surface area contributed by atoms with E-state index in [1.807, 2.05) is 30.9 Å². The van der Waals surface area contributed by atoms with E-state index in [0.717, 1.165) is 23.2 Å². The first-order valence-corrected chi connectivity index (χ1v) is 10.4. The molecule has 1 heterocycles. The maximum atomic E-state index is 11.8. The Morgan fingerprint density at radius 2 is 2.00 bits per heavy atom. The third kappa shape index (κ3) is 5.43. The number of anilines is 1. The summed E-state index contributed by atoms with van der Waals surface area (Å²) in [4.78, 5) is 2.01. The van der Waals surface area contributed by atoms with E-state index in [1.165, 1.54) is 0 Å². The molecule has 1 aliphatic heterocycles. The van der Waals surface area contributed by atoms with E-state index in [9.17, 15) is 8.42 Å². The molecule has 5 nitrogen and oxygen atoms in total. The molecule has 1 saturated heterocycles. The third-order valence-electron chi connectivity index (χ3n) is 4.13. The van der Waals surface area contributed by atoms with Gasteiger partial charge in [0.1, 0.15) is 0 Å². The molecule has 0 amide bonds. The normalized spacial score (nSPS) is 19.2. The Kier molecular flexibility index (Phi) is 6.60. The van der Waals surface area contributed by atoms with Gasteiger partial charge in [-0.05, 0) is 62.2 Å². The molecule has 0 unspecified atom stereocenters. The minimum Gasteiger partial charge on any atom is -0.385 e. The molecule has 0 aliphatic carbocycles. The lowest BCUT2D eigenvalue weighted by molar-refractivity contribution is 0.181. The molecule has 134 valence electrons. The molecule has 1 aliphatic rings. The fourth-order valence-electron chi connectivity index (χ4n) is 3.09. The van der Waals surface area contributed by atoms with Crippen LogP contribution in [0.25, 0.3) is 0 Å². The Bertz CT molecular complexity index is 669. The second-order valence-corrected chi connectivity index (χ2v) is 9.02. The lowest BCUT2D eigenvalue weighted by Crippen LogP contribution is -2.44. The lowest BCUT2D eigenvalue weighted by Gasteiger charge is -2.31. The largest absolute Gasteiger partial charge is 0.385 e. The zero-order valence-electron chi connectivity index (χ0n) is 14.5. The molecule has 0 bridgehead atoms. The van der Waals surface area contributed by atoms with Crippen molar-refractivity contribution in [3.8, 4) is 0 Å². The lowest BCUT2D eigenvalue weighted by atomic mass is 10.1. The van der Waals surface area contributed by atoms with Crippen molar-refractivity contribution in [3.05, 3.63) is 29.3 Å². The first-order valence-electron chi connectivity index (χ1n) is 8.16. The number of nitrogens with one attached hydrogen (secondary N) is 1. The fraction of sp³-hybridized carbons (Fsp3) is 0.588. The van der Waals surface area contributed by atoms with Crippen molar-refractivity contribution >= 4 is 32.9 Å². The number of benzene rings is 1. The molecule has 2 rings (SSSR count). The molecule has 1 fully saturated rings. The molecule has 1 aromatic rings. The number of hydrogen-bond donors (Lipinski definition) is 1. The molecule has 7 heteroatoms. The van der Waals surface area contributed by atoms with Crippen LogP contribution in [0.2, 0.25) is 0 Å². The maximum absolute atomic E-state index is 11.8. The van der Waals surface area contributed by atoms with Crippen molar-refractivity contribution < 1.29 is 13.2 Å². The van der Waals surface area contributed by atoms with Gasteiger partial charge in [0.05, 0.1) is 11.5 Å². The van der Waals surface area contributed by atoms with Crippen LogP contribution in [-0.4, -0.2) is 56.2 Å². The number of methoxy groups -OCH3 is 1. The fourth-order valence-corrected chi connectivity index (χ4v) is 5.18. The highest BCUT2D eigenvalue weighted by Gasteiger charge is 2.33. The van der Waals surface area contributed by atoms with Crippen LogP contribution in [0.3, 0.4) is 0 Å². The van der Waals surface area contributed by atoms with Gasteiger partial charge >= 0.3 is 0 Å². The van der Waals surface area contributed by atoms with E-state index in [2.05, 4.69) is 11.4 Å². The summed E-state index contributed by atoms with van der Waals surface area (Å²) in [7, 11) is -1.29. The summed E-state index contributed by atoms with van der Waals surface area (Å²) in [6.45, 7) is 5.40. The molecule has 1 N–H and O–H groups in total. The molecule has 0 aromatic heterocycles. The highest BCUT2D eigenvalue weighted by Crippen LogP contribution is 2.20. The van der Waals surface area contributed by atoms with Gasteiger partial charge in [-0.1, -0.05) is 6.07 Å². The van der Waals surface area contributed by atoms with Crippen molar-refractivity contribution in [1.82, 2.24) is 4.90 Å². The number of rotatable bonds is 6. The highest BCUT2D eigenvalue weighted by molar-refractivity contribution is 7.91. The predicted molar refractivity (Wildman–Crippen MR) is 102 cm³/mol. The molecule has 0 spiro atoms. The second-order valence-electron chi connectivity index (χ2n) is 6.40. The minimum absolute atomic E-state index is 0.0576. The van der Waals surface area contributed by atoms with Crippen LogP contribution in [0.15, 0.2) is 18.2 Å². The number of thiocarbonyl (C=S) groups is 1. The number of nitrogens with zero attached hydrogens (tertiary/aromatic N) is 1. The number of hydrogen-bond acceptors (Lipinski definition) is 4. The van der Waals surface area contributed by atoms with E-state index in [-0.39, 0.29) is 17.5 Å². The number of sulfone groups is 1. The highest BCUT2D eigenvalue weighted by atomic mass is 32.2. The van der Waals surface area contributed by atoms with Crippen molar-refractivity contribution in [3.63, 3.8) is 0 Å². The monoisotopic (exact) mass is 370 g/mol. The van der Waals surface area contributed by atoms with Gasteiger partial charge in [0.2, 0.25) is 0 Å². The minimum atomic E-state index is -2.95. The summed E-state index contributed by atoms with van der Waals surface area (Å²) in [5.74, 6) is 0.416. The van der Waals surface area contributed by atoms with Crippen LogP contribution < -0.4 is 5.32 Å². The first-order chi connectivity index (χ1) is 11.3. The molecule has 1 atom stereocenters. The van der Waals surface area contributed by atoms with Crippen LogP contribution in [-0.2, 0) is 14.6 Å². The zero-order valence-corrected chi connectivity index (χ0v) is 16.2. The predicted octanol–water partition coefficient (Wildman–Crippen LogP) is 2.53. The first kappa shape index (κ1) is 19.1. The van der Waals surface area contributed by atoms with E-state index in [1.54, 1.807) is 7.11 Å². The Labute approximate surface area is 150 Å². The summed E-state index contributed by atoms with van der Waals surface area (Å²) in [6.07, 6.45) is 1.44. The van der Waals surface area contributed by atoms with Gasteiger partial charge in [-0.15, -0.1) is 0 Å². The third-order valence-corrected chi connectivity index (χ3v) is 6.22. The SMILES string of the molecule is COCCCN(C(=S)Nc1cc(C)cc(C)c1)[C@@H]1CCS(=O)(=O)C1. The van der Waals surface area contributed by atoms with Crippen molar-refractivity contribution in [2.75, 3.05) is 37.1 Å². The van der Waals surface area contributed by atoms with Gasteiger partial charge in [0.25, 0.3) is 0 Å². The van der Waals surface area contributed by atoms with Crippen LogP contribution in [0.5, 0.6) is 0 Å². The number of ether oxygens (including phenoxy) is 1. The zero-order chi connectivity index (χ0) is 17.7. The van der Waals surface area contributed by atoms with Crippen molar-refractivity contribution in [1.29, 1.82) is 0 Å². The molecule has 0 radical (unpaired) electrons. The van der Waals surface area contributed by atoms with E-state index < -0.39 is 9.84 Å². The van der Waals surface area contributed by atoms with Gasteiger partial charge in [-0.25, -0.2) is 8.42 Å². The maximum Gasteiger partial charge on any atom is 0.173 e. The van der Waals surface area contributed by atoms with Gasteiger partial charge in [0, 0.05) is 32.0 Å². The molecular formula is C17H26N2O3S2. The smallest absolute Gasteiger partial charge is 0.173 e.